The lowest BCUT2D eigenvalue weighted by molar-refractivity contribution is -0.137. The summed E-state index contributed by atoms with van der Waals surface area (Å²) in [6, 6.07) is 17.2. The number of alkyl halides is 3. The Bertz CT molecular complexity index is 867. The maximum absolute atomic E-state index is 13.9. The molecule has 0 saturated carbocycles. The van der Waals surface area contributed by atoms with Crippen molar-refractivity contribution in [2.75, 3.05) is 0 Å². The fraction of sp³-hybridized carbons (Fsp3) is 0.143. The van der Waals surface area contributed by atoms with Crippen LogP contribution in [0.2, 0.25) is 0 Å². The standard InChI is InChI=1S/C21H15F5/c22-18-8-6-15(7-9-18)20(10-14-4-2-1-3-5-14)16-11-17(21(24,25)26)13-19(23)12-16/h1-9,11-13,20H,10H2/t20-/m1/s1. The molecule has 0 heterocycles. The summed E-state index contributed by atoms with van der Waals surface area (Å²) in [6.45, 7) is 0. The molecule has 0 nitrogen and oxygen atoms in total. The van der Waals surface area contributed by atoms with Crippen molar-refractivity contribution < 1.29 is 22.0 Å². The molecule has 0 aliphatic heterocycles. The van der Waals surface area contributed by atoms with Crippen LogP contribution in [-0.4, -0.2) is 0 Å². The molecule has 3 aromatic rings. The van der Waals surface area contributed by atoms with Crippen molar-refractivity contribution in [3.8, 4) is 0 Å². The van der Waals surface area contributed by atoms with Crippen LogP contribution in [0.15, 0.2) is 72.8 Å². The Balaban J connectivity index is 2.08. The van der Waals surface area contributed by atoms with E-state index in [4.69, 9.17) is 0 Å². The lowest BCUT2D eigenvalue weighted by Gasteiger charge is -2.20. The van der Waals surface area contributed by atoms with Crippen LogP contribution in [0.3, 0.4) is 0 Å². The Morgan fingerprint density at radius 2 is 1.35 bits per heavy atom. The summed E-state index contributed by atoms with van der Waals surface area (Å²) in [4.78, 5) is 0. The number of halogens is 5. The van der Waals surface area contributed by atoms with E-state index in [0.717, 1.165) is 17.7 Å². The average Bonchev–Trinajstić information content (AvgIpc) is 2.60. The van der Waals surface area contributed by atoms with Crippen LogP contribution in [0, 0.1) is 11.6 Å². The van der Waals surface area contributed by atoms with Gasteiger partial charge in [-0.1, -0.05) is 42.5 Å². The van der Waals surface area contributed by atoms with Gasteiger partial charge in [0.2, 0.25) is 0 Å². The predicted octanol–water partition coefficient (Wildman–Crippen LogP) is 6.36. The second kappa shape index (κ2) is 7.28. The van der Waals surface area contributed by atoms with Gasteiger partial charge in [0.15, 0.2) is 0 Å². The molecule has 0 aromatic heterocycles. The SMILES string of the molecule is Fc1ccc([C@@H](Cc2ccccc2)c2cc(F)cc(C(F)(F)F)c2)cc1. The molecule has 0 spiro atoms. The van der Waals surface area contributed by atoms with E-state index in [2.05, 4.69) is 0 Å². The van der Waals surface area contributed by atoms with Crippen molar-refractivity contribution in [2.24, 2.45) is 0 Å². The van der Waals surface area contributed by atoms with Crippen LogP contribution < -0.4 is 0 Å². The molecule has 1 atom stereocenters. The van der Waals surface area contributed by atoms with Gasteiger partial charge in [0, 0.05) is 5.92 Å². The summed E-state index contributed by atoms with van der Waals surface area (Å²) in [6.07, 6.45) is -4.27. The smallest absolute Gasteiger partial charge is 0.207 e. The van der Waals surface area contributed by atoms with Crippen molar-refractivity contribution in [1.82, 2.24) is 0 Å². The topological polar surface area (TPSA) is 0 Å². The van der Waals surface area contributed by atoms with Gasteiger partial charge in [-0.05, 0) is 53.4 Å². The van der Waals surface area contributed by atoms with E-state index in [-0.39, 0.29) is 5.56 Å². The van der Waals surface area contributed by atoms with Crippen LogP contribution in [0.5, 0.6) is 0 Å². The Labute approximate surface area is 147 Å². The monoisotopic (exact) mass is 362 g/mol. The first-order valence-corrected chi connectivity index (χ1v) is 8.00. The second-order valence-electron chi connectivity index (χ2n) is 6.06. The van der Waals surface area contributed by atoms with Gasteiger partial charge in [0.25, 0.3) is 0 Å². The predicted molar refractivity (Wildman–Crippen MR) is 89.8 cm³/mol. The number of hydrogen-bond donors (Lipinski definition) is 0. The minimum atomic E-state index is -4.64. The normalized spacial score (nSPS) is 12.8. The fourth-order valence-electron chi connectivity index (χ4n) is 2.95. The van der Waals surface area contributed by atoms with Crippen molar-refractivity contribution in [2.45, 2.75) is 18.5 Å². The first-order chi connectivity index (χ1) is 12.3. The molecule has 0 unspecified atom stereocenters. The zero-order valence-electron chi connectivity index (χ0n) is 13.6. The van der Waals surface area contributed by atoms with E-state index in [9.17, 15) is 22.0 Å². The van der Waals surface area contributed by atoms with Crippen molar-refractivity contribution in [1.29, 1.82) is 0 Å². The quantitative estimate of drug-likeness (QED) is 0.474. The van der Waals surface area contributed by atoms with E-state index in [1.165, 1.54) is 24.3 Å². The molecule has 0 aliphatic carbocycles. The van der Waals surface area contributed by atoms with Gasteiger partial charge in [0.1, 0.15) is 11.6 Å². The van der Waals surface area contributed by atoms with Crippen LogP contribution in [0.4, 0.5) is 22.0 Å². The van der Waals surface area contributed by atoms with Crippen LogP contribution in [0.25, 0.3) is 0 Å². The van der Waals surface area contributed by atoms with Crippen LogP contribution in [-0.2, 0) is 12.6 Å². The van der Waals surface area contributed by atoms with Gasteiger partial charge in [-0.3, -0.25) is 0 Å². The van der Waals surface area contributed by atoms with Crippen molar-refractivity contribution in [3.05, 3.63) is 107 Å². The van der Waals surface area contributed by atoms with Crippen molar-refractivity contribution in [3.63, 3.8) is 0 Å². The molecular weight excluding hydrogens is 347 g/mol. The molecule has 0 bridgehead atoms. The second-order valence-corrected chi connectivity index (χ2v) is 6.06. The molecule has 3 aromatic carbocycles. The molecule has 0 amide bonds. The Kier molecular flexibility index (Phi) is 5.07. The van der Waals surface area contributed by atoms with E-state index in [1.54, 1.807) is 0 Å². The molecule has 0 fully saturated rings. The Morgan fingerprint density at radius 3 is 1.96 bits per heavy atom. The summed E-state index contributed by atoms with van der Waals surface area (Å²) in [5.41, 5.74) is 0.675. The number of benzene rings is 3. The first kappa shape index (κ1) is 18.1. The Hall–Kier alpha value is -2.69. The minimum Gasteiger partial charge on any atom is -0.207 e. The fourth-order valence-corrected chi connectivity index (χ4v) is 2.95. The van der Waals surface area contributed by atoms with E-state index in [0.29, 0.717) is 18.1 Å². The summed E-state index contributed by atoms with van der Waals surface area (Å²) in [7, 11) is 0. The highest BCUT2D eigenvalue weighted by molar-refractivity contribution is 5.38. The first-order valence-electron chi connectivity index (χ1n) is 8.00. The largest absolute Gasteiger partial charge is 0.416 e. The molecule has 134 valence electrons. The van der Waals surface area contributed by atoms with E-state index < -0.39 is 29.3 Å². The summed E-state index contributed by atoms with van der Waals surface area (Å²) < 4.78 is 66.4. The lowest BCUT2D eigenvalue weighted by atomic mass is 9.85. The third-order valence-electron chi connectivity index (χ3n) is 4.20. The highest BCUT2D eigenvalue weighted by atomic mass is 19.4. The summed E-state index contributed by atoms with van der Waals surface area (Å²) >= 11 is 0. The molecule has 0 aliphatic rings. The third kappa shape index (κ3) is 4.28. The molecule has 3 rings (SSSR count). The highest BCUT2D eigenvalue weighted by Crippen LogP contribution is 2.35. The maximum atomic E-state index is 13.9. The third-order valence-corrected chi connectivity index (χ3v) is 4.20. The zero-order chi connectivity index (χ0) is 18.7. The molecule has 0 radical (unpaired) electrons. The maximum Gasteiger partial charge on any atom is 0.416 e. The van der Waals surface area contributed by atoms with Gasteiger partial charge in [-0.25, -0.2) is 8.78 Å². The molecular formula is C21H15F5. The average molecular weight is 362 g/mol. The molecule has 26 heavy (non-hydrogen) atoms. The van der Waals surface area contributed by atoms with Gasteiger partial charge in [-0.2, -0.15) is 13.2 Å². The number of rotatable bonds is 4. The van der Waals surface area contributed by atoms with Gasteiger partial charge in [0.05, 0.1) is 5.56 Å². The van der Waals surface area contributed by atoms with Gasteiger partial charge in [-0.15, -0.1) is 0 Å². The summed E-state index contributed by atoms with van der Waals surface area (Å²) in [5.74, 6) is -1.92. The van der Waals surface area contributed by atoms with Crippen molar-refractivity contribution >= 4 is 0 Å². The molecule has 5 heteroatoms. The summed E-state index contributed by atoms with van der Waals surface area (Å²) in [5, 5.41) is 0. The van der Waals surface area contributed by atoms with E-state index >= 15 is 0 Å². The minimum absolute atomic E-state index is 0.202. The lowest BCUT2D eigenvalue weighted by Crippen LogP contribution is -2.10. The van der Waals surface area contributed by atoms with Gasteiger partial charge < -0.3 is 0 Å². The van der Waals surface area contributed by atoms with E-state index in [1.807, 2.05) is 30.3 Å². The van der Waals surface area contributed by atoms with Crippen LogP contribution >= 0.6 is 0 Å². The van der Waals surface area contributed by atoms with Crippen LogP contribution in [0.1, 0.15) is 28.2 Å². The Morgan fingerprint density at radius 1 is 0.692 bits per heavy atom. The van der Waals surface area contributed by atoms with Gasteiger partial charge >= 0.3 is 6.18 Å². The highest BCUT2D eigenvalue weighted by Gasteiger charge is 2.32. The molecule has 0 saturated heterocycles. The zero-order valence-corrected chi connectivity index (χ0v) is 13.6. The molecule has 0 N–H and O–H groups in total. The number of hydrogen-bond acceptors (Lipinski definition) is 0.